The predicted molar refractivity (Wildman–Crippen MR) is 139 cm³/mol. The van der Waals surface area contributed by atoms with Crippen LogP contribution in [0.1, 0.15) is 87.5 Å². The van der Waals surface area contributed by atoms with Crippen molar-refractivity contribution >= 4 is 29.6 Å². The number of primary amides is 1. The molecule has 1 heterocycles. The van der Waals surface area contributed by atoms with Gasteiger partial charge in [0.15, 0.2) is 0 Å². The molecule has 0 spiro atoms. The number of nitrogens with zero attached hydrogens (tertiary/aromatic N) is 1. The zero-order valence-electron chi connectivity index (χ0n) is 23.7. The van der Waals surface area contributed by atoms with E-state index in [2.05, 4.69) is 10.6 Å². The Labute approximate surface area is 220 Å². The highest BCUT2D eigenvalue weighted by Crippen LogP contribution is 2.35. The summed E-state index contributed by atoms with van der Waals surface area (Å²) in [6.45, 7) is 15.2. The second-order valence-electron chi connectivity index (χ2n) is 13.1. The third kappa shape index (κ3) is 9.00. The number of ketones is 1. The summed E-state index contributed by atoms with van der Waals surface area (Å²) in [7, 11) is 0. The number of hydrogen-bond donors (Lipinski definition) is 3. The van der Waals surface area contributed by atoms with Crippen molar-refractivity contribution in [2.24, 2.45) is 28.9 Å². The first-order chi connectivity index (χ1) is 16.9. The summed E-state index contributed by atoms with van der Waals surface area (Å²) in [5.74, 6) is -2.34. The molecule has 1 aliphatic heterocycles. The number of carbonyl (C=O) groups excluding carboxylic acids is 5. The molecule has 2 unspecified atom stereocenters. The van der Waals surface area contributed by atoms with Gasteiger partial charge in [0.05, 0.1) is 6.04 Å². The van der Waals surface area contributed by atoms with Crippen molar-refractivity contribution in [1.29, 1.82) is 0 Å². The molecule has 0 aromatic rings. The van der Waals surface area contributed by atoms with Gasteiger partial charge in [-0.3, -0.25) is 19.2 Å². The second kappa shape index (κ2) is 11.8. The van der Waals surface area contributed by atoms with E-state index in [9.17, 15) is 24.0 Å². The Morgan fingerprint density at radius 3 is 2.00 bits per heavy atom. The second-order valence-corrected chi connectivity index (χ2v) is 13.1. The number of nitrogens with two attached hydrogens (primary N) is 1. The Morgan fingerprint density at radius 1 is 0.946 bits per heavy atom. The van der Waals surface area contributed by atoms with E-state index in [1.165, 1.54) is 4.90 Å². The zero-order valence-corrected chi connectivity index (χ0v) is 23.7. The first kappa shape index (κ1) is 30.6. The van der Waals surface area contributed by atoms with E-state index in [1.807, 2.05) is 34.6 Å². The van der Waals surface area contributed by atoms with Crippen molar-refractivity contribution < 1.29 is 28.7 Å². The minimum Gasteiger partial charge on any atom is -0.444 e. The van der Waals surface area contributed by atoms with Gasteiger partial charge in [-0.05, 0) is 63.2 Å². The van der Waals surface area contributed by atoms with Crippen molar-refractivity contribution in [3.63, 3.8) is 0 Å². The molecule has 0 radical (unpaired) electrons. The van der Waals surface area contributed by atoms with Crippen LogP contribution in [0.2, 0.25) is 0 Å². The highest BCUT2D eigenvalue weighted by atomic mass is 16.6. The van der Waals surface area contributed by atoms with Gasteiger partial charge in [0, 0.05) is 6.54 Å². The highest BCUT2D eigenvalue weighted by molar-refractivity contribution is 6.37. The molecule has 210 valence electrons. The van der Waals surface area contributed by atoms with Crippen LogP contribution in [-0.4, -0.2) is 64.8 Å². The SMILES string of the molecule is CC(C)CC1CCN(C(=O)[C@@H](NC(=O)OC(C)(C)C)C(C)(C)C)[C@@H]1C(=O)NC(CC1CC1)C(=O)C(N)=O. The molecule has 0 bridgehead atoms. The summed E-state index contributed by atoms with van der Waals surface area (Å²) in [4.78, 5) is 65.8. The number of alkyl carbamates (subject to hydrolysis) is 1. The molecular weight excluding hydrogens is 476 g/mol. The van der Waals surface area contributed by atoms with Crippen LogP contribution < -0.4 is 16.4 Å². The lowest BCUT2D eigenvalue weighted by molar-refractivity contribution is -0.144. The fraction of sp³-hybridized carbons (Fsp3) is 0.815. The summed E-state index contributed by atoms with van der Waals surface area (Å²) in [6.07, 6.45) is 2.84. The maximum Gasteiger partial charge on any atom is 0.408 e. The number of carbonyl (C=O) groups is 5. The standard InChI is InChI=1S/C27H46N4O6/c1-15(2)13-17-11-12-31(24(35)21(26(3,4)5)30-25(36)37-27(6,7)8)19(17)23(34)29-18(14-16-9-10-16)20(32)22(28)33/h15-19,21H,9-14H2,1-8H3,(H2,28,33)(H,29,34)(H,30,36)/t17?,18?,19-,21+/m0/s1. The average Bonchev–Trinajstić information content (AvgIpc) is 3.45. The summed E-state index contributed by atoms with van der Waals surface area (Å²) in [5, 5.41) is 5.47. The molecule has 10 heteroatoms. The lowest BCUT2D eigenvalue weighted by Crippen LogP contribution is -2.60. The monoisotopic (exact) mass is 522 g/mol. The van der Waals surface area contributed by atoms with Crippen molar-refractivity contribution in [3.8, 4) is 0 Å². The summed E-state index contributed by atoms with van der Waals surface area (Å²) in [5.41, 5.74) is 3.85. The molecular formula is C27H46N4O6. The van der Waals surface area contributed by atoms with Gasteiger partial charge in [0.25, 0.3) is 5.91 Å². The van der Waals surface area contributed by atoms with Crippen LogP contribution in [0.4, 0.5) is 4.79 Å². The van der Waals surface area contributed by atoms with E-state index in [0.29, 0.717) is 25.8 Å². The normalized spacial score (nSPS) is 21.8. The quantitative estimate of drug-likeness (QED) is 0.376. The van der Waals surface area contributed by atoms with E-state index in [-0.39, 0.29) is 23.7 Å². The number of likely N-dealkylation sites (tertiary alicyclic amines) is 1. The Kier molecular flexibility index (Phi) is 9.76. The molecule has 10 nitrogen and oxygen atoms in total. The first-order valence-electron chi connectivity index (χ1n) is 13.3. The Balaban J connectivity index is 2.32. The molecule has 2 aliphatic rings. The van der Waals surface area contributed by atoms with Crippen LogP contribution in [0.25, 0.3) is 0 Å². The van der Waals surface area contributed by atoms with Crippen molar-refractivity contribution in [2.45, 2.75) is 111 Å². The molecule has 0 aromatic carbocycles. The molecule has 2 rings (SSSR count). The fourth-order valence-corrected chi connectivity index (χ4v) is 4.90. The van der Waals surface area contributed by atoms with E-state index >= 15 is 0 Å². The number of nitrogens with one attached hydrogen (secondary N) is 2. The molecule has 1 saturated heterocycles. The van der Waals surface area contributed by atoms with Gasteiger partial charge >= 0.3 is 6.09 Å². The fourth-order valence-electron chi connectivity index (χ4n) is 4.90. The van der Waals surface area contributed by atoms with Crippen LogP contribution in [0.3, 0.4) is 0 Å². The van der Waals surface area contributed by atoms with Crippen LogP contribution in [0, 0.1) is 23.2 Å². The highest BCUT2D eigenvalue weighted by Gasteiger charge is 2.47. The molecule has 4 amide bonds. The molecule has 0 aromatic heterocycles. The predicted octanol–water partition coefficient (Wildman–Crippen LogP) is 2.53. The Hall–Kier alpha value is -2.65. The molecule has 1 saturated carbocycles. The van der Waals surface area contributed by atoms with Crippen LogP contribution in [0.15, 0.2) is 0 Å². The Bertz CT molecular complexity index is 884. The van der Waals surface area contributed by atoms with Gasteiger partial charge < -0.3 is 26.0 Å². The zero-order chi connectivity index (χ0) is 28.3. The maximum absolute atomic E-state index is 13.9. The lowest BCUT2D eigenvalue weighted by atomic mass is 9.85. The molecule has 4 N–H and O–H groups in total. The summed E-state index contributed by atoms with van der Waals surface area (Å²) in [6, 6.07) is -2.78. The van der Waals surface area contributed by atoms with Gasteiger partial charge in [-0.25, -0.2) is 4.79 Å². The molecule has 4 atom stereocenters. The Morgan fingerprint density at radius 2 is 1.54 bits per heavy atom. The molecule has 2 fully saturated rings. The van der Waals surface area contributed by atoms with Crippen molar-refractivity contribution in [1.82, 2.24) is 15.5 Å². The van der Waals surface area contributed by atoms with Gasteiger partial charge in [-0.15, -0.1) is 0 Å². The van der Waals surface area contributed by atoms with Crippen LogP contribution in [0.5, 0.6) is 0 Å². The number of ether oxygens (including phenoxy) is 1. The smallest absolute Gasteiger partial charge is 0.408 e. The largest absolute Gasteiger partial charge is 0.444 e. The van der Waals surface area contributed by atoms with E-state index in [1.54, 1.807) is 20.8 Å². The average molecular weight is 523 g/mol. The minimum absolute atomic E-state index is 0.128. The molecule has 37 heavy (non-hydrogen) atoms. The third-order valence-corrected chi connectivity index (χ3v) is 6.76. The van der Waals surface area contributed by atoms with Crippen molar-refractivity contribution in [3.05, 3.63) is 0 Å². The number of hydrogen-bond acceptors (Lipinski definition) is 6. The minimum atomic E-state index is -1.08. The molecule has 1 aliphatic carbocycles. The summed E-state index contributed by atoms with van der Waals surface area (Å²) < 4.78 is 5.39. The van der Waals surface area contributed by atoms with Gasteiger partial charge in [0.1, 0.15) is 17.7 Å². The summed E-state index contributed by atoms with van der Waals surface area (Å²) >= 11 is 0. The number of Topliss-reactive ketones (excluding diaryl/α,β-unsaturated/α-hetero) is 1. The van der Waals surface area contributed by atoms with Gasteiger partial charge in [-0.1, -0.05) is 47.5 Å². The first-order valence-corrected chi connectivity index (χ1v) is 13.3. The lowest BCUT2D eigenvalue weighted by Gasteiger charge is -2.37. The van der Waals surface area contributed by atoms with Crippen LogP contribution >= 0.6 is 0 Å². The van der Waals surface area contributed by atoms with Gasteiger partial charge in [-0.2, -0.15) is 0 Å². The topological polar surface area (TPSA) is 148 Å². The third-order valence-electron chi connectivity index (χ3n) is 6.76. The van der Waals surface area contributed by atoms with E-state index in [4.69, 9.17) is 10.5 Å². The number of amides is 4. The van der Waals surface area contributed by atoms with E-state index in [0.717, 1.165) is 12.8 Å². The van der Waals surface area contributed by atoms with E-state index < -0.39 is 52.8 Å². The maximum atomic E-state index is 13.9. The van der Waals surface area contributed by atoms with Crippen LogP contribution in [-0.2, 0) is 23.9 Å². The number of rotatable bonds is 10. The van der Waals surface area contributed by atoms with Crippen molar-refractivity contribution in [2.75, 3.05) is 6.54 Å². The van der Waals surface area contributed by atoms with Gasteiger partial charge in [0.2, 0.25) is 17.6 Å².